The Bertz CT molecular complexity index is 316. The first-order valence-electron chi connectivity index (χ1n) is 4.16. The highest BCUT2D eigenvalue weighted by Gasteiger charge is 2.15. The minimum atomic E-state index is -0.684. The summed E-state index contributed by atoms with van der Waals surface area (Å²) in [7, 11) is 1.33. The Hall–Kier alpha value is -0.710. The molecule has 0 saturated heterocycles. The van der Waals surface area contributed by atoms with E-state index in [1.54, 1.807) is 11.8 Å². The summed E-state index contributed by atoms with van der Waals surface area (Å²) < 4.78 is 4.55. The van der Waals surface area contributed by atoms with E-state index in [9.17, 15) is 4.79 Å². The summed E-state index contributed by atoms with van der Waals surface area (Å²) in [5, 5.41) is 0. The van der Waals surface area contributed by atoms with Crippen LogP contribution in [0.3, 0.4) is 0 Å². The van der Waals surface area contributed by atoms with E-state index in [0.717, 1.165) is 10.5 Å². The lowest BCUT2D eigenvalue weighted by atomic mass is 10.1. The number of hydrogen-bond donors (Lipinski definition) is 1. The van der Waals surface area contributed by atoms with Gasteiger partial charge < -0.3 is 10.5 Å². The summed E-state index contributed by atoms with van der Waals surface area (Å²) in [4.78, 5) is 12.3. The highest BCUT2D eigenvalue weighted by Crippen LogP contribution is 2.18. The minimum Gasteiger partial charge on any atom is -0.468 e. The van der Waals surface area contributed by atoms with Gasteiger partial charge in [-0.2, -0.15) is 0 Å². The Morgan fingerprint density at radius 2 is 1.93 bits per heavy atom. The third kappa shape index (κ3) is 3.74. The zero-order chi connectivity index (χ0) is 10.6. The van der Waals surface area contributed by atoms with Gasteiger partial charge in [-0.3, -0.25) is 4.79 Å². The minimum absolute atomic E-state index is 0. The van der Waals surface area contributed by atoms with Crippen LogP contribution in [0.25, 0.3) is 0 Å². The lowest BCUT2D eigenvalue weighted by Crippen LogP contribution is -2.22. The van der Waals surface area contributed by atoms with Crippen LogP contribution in [0.4, 0.5) is 0 Å². The fraction of sp³-hybridized carbons (Fsp3) is 0.300. The van der Waals surface area contributed by atoms with Crippen molar-refractivity contribution in [2.45, 2.75) is 10.9 Å². The van der Waals surface area contributed by atoms with E-state index < -0.39 is 12.0 Å². The lowest BCUT2D eigenvalue weighted by molar-refractivity contribution is -0.142. The van der Waals surface area contributed by atoms with Crippen LogP contribution in [0.1, 0.15) is 11.6 Å². The van der Waals surface area contributed by atoms with Crippen LogP contribution in [-0.2, 0) is 9.53 Å². The predicted octanol–water partition coefficient (Wildman–Crippen LogP) is 2.00. The second-order valence-corrected chi connectivity index (χ2v) is 3.65. The summed E-state index contributed by atoms with van der Waals surface area (Å²) >= 11 is 1.65. The second kappa shape index (κ2) is 6.71. The van der Waals surface area contributed by atoms with Gasteiger partial charge in [-0.1, -0.05) is 12.1 Å². The molecule has 15 heavy (non-hydrogen) atoms. The van der Waals surface area contributed by atoms with Crippen molar-refractivity contribution in [2.75, 3.05) is 13.4 Å². The molecule has 1 aromatic rings. The van der Waals surface area contributed by atoms with Crippen molar-refractivity contribution in [2.24, 2.45) is 5.73 Å². The van der Waals surface area contributed by atoms with Crippen molar-refractivity contribution in [3.05, 3.63) is 29.8 Å². The number of carbonyl (C=O) groups is 1. The summed E-state index contributed by atoms with van der Waals surface area (Å²) in [6.45, 7) is 0. The van der Waals surface area contributed by atoms with Crippen LogP contribution in [0, 0.1) is 0 Å². The van der Waals surface area contributed by atoms with E-state index in [0.29, 0.717) is 0 Å². The molecule has 0 radical (unpaired) electrons. The first kappa shape index (κ1) is 14.3. The van der Waals surface area contributed by atoms with E-state index in [1.165, 1.54) is 7.11 Å². The summed E-state index contributed by atoms with van der Waals surface area (Å²) in [6, 6.07) is 6.86. The predicted molar refractivity (Wildman–Crippen MR) is 64.4 cm³/mol. The molecule has 84 valence electrons. The SMILES string of the molecule is COC(=O)[C@H](N)c1ccc(SC)cc1.Cl. The first-order chi connectivity index (χ1) is 6.69. The van der Waals surface area contributed by atoms with Gasteiger partial charge in [0.15, 0.2) is 0 Å². The largest absolute Gasteiger partial charge is 0.468 e. The van der Waals surface area contributed by atoms with Crippen molar-refractivity contribution in [3.63, 3.8) is 0 Å². The maximum absolute atomic E-state index is 11.1. The molecule has 0 spiro atoms. The normalized spacial score (nSPS) is 11.4. The van der Waals surface area contributed by atoms with Crippen LogP contribution >= 0.6 is 24.2 Å². The van der Waals surface area contributed by atoms with E-state index in [4.69, 9.17) is 5.73 Å². The number of ether oxygens (including phenoxy) is 1. The van der Waals surface area contributed by atoms with Crippen LogP contribution in [0.5, 0.6) is 0 Å². The van der Waals surface area contributed by atoms with Gasteiger partial charge in [-0.15, -0.1) is 24.2 Å². The van der Waals surface area contributed by atoms with Gasteiger partial charge in [0.05, 0.1) is 7.11 Å². The molecule has 0 unspecified atom stereocenters. The average molecular weight is 248 g/mol. The second-order valence-electron chi connectivity index (χ2n) is 2.77. The summed E-state index contributed by atoms with van der Waals surface area (Å²) in [6.07, 6.45) is 2.00. The number of halogens is 1. The molecule has 0 amide bonds. The topological polar surface area (TPSA) is 52.3 Å². The van der Waals surface area contributed by atoms with Gasteiger partial charge in [0.1, 0.15) is 6.04 Å². The van der Waals surface area contributed by atoms with Crippen LogP contribution in [0.15, 0.2) is 29.2 Å². The summed E-state index contributed by atoms with van der Waals surface area (Å²) in [5.74, 6) is -0.415. The van der Waals surface area contributed by atoms with Crippen molar-refractivity contribution in [3.8, 4) is 0 Å². The number of benzene rings is 1. The van der Waals surface area contributed by atoms with Gasteiger partial charge >= 0.3 is 5.97 Å². The maximum atomic E-state index is 11.1. The lowest BCUT2D eigenvalue weighted by Gasteiger charge is -2.09. The molecule has 5 heteroatoms. The average Bonchev–Trinajstić information content (AvgIpc) is 2.27. The molecule has 0 bridgehead atoms. The molecule has 0 aliphatic rings. The number of methoxy groups -OCH3 is 1. The van der Waals surface area contributed by atoms with Crippen LogP contribution < -0.4 is 5.73 Å². The molecule has 0 aliphatic carbocycles. The Morgan fingerprint density at radius 3 is 2.33 bits per heavy atom. The zero-order valence-electron chi connectivity index (χ0n) is 8.60. The Balaban J connectivity index is 0.00000196. The number of rotatable bonds is 3. The number of nitrogens with two attached hydrogens (primary N) is 1. The first-order valence-corrected chi connectivity index (χ1v) is 5.39. The highest BCUT2D eigenvalue weighted by molar-refractivity contribution is 7.98. The van der Waals surface area contributed by atoms with Gasteiger partial charge in [-0.05, 0) is 24.0 Å². The number of carbonyl (C=O) groups excluding carboxylic acids is 1. The fourth-order valence-electron chi connectivity index (χ4n) is 1.07. The molecule has 0 heterocycles. The Kier molecular flexibility index (Phi) is 6.40. The molecule has 0 fully saturated rings. The van der Waals surface area contributed by atoms with Gasteiger partial charge in [0.2, 0.25) is 0 Å². The van der Waals surface area contributed by atoms with Crippen molar-refractivity contribution < 1.29 is 9.53 Å². The van der Waals surface area contributed by atoms with Gasteiger partial charge in [-0.25, -0.2) is 0 Å². The molecule has 0 aliphatic heterocycles. The number of hydrogen-bond acceptors (Lipinski definition) is 4. The molecule has 0 aromatic heterocycles. The van der Waals surface area contributed by atoms with Crippen molar-refractivity contribution in [1.29, 1.82) is 0 Å². The summed E-state index contributed by atoms with van der Waals surface area (Å²) in [5.41, 5.74) is 6.43. The monoisotopic (exact) mass is 247 g/mol. The molecule has 1 aromatic carbocycles. The molecule has 3 nitrogen and oxygen atoms in total. The highest BCUT2D eigenvalue weighted by atomic mass is 35.5. The van der Waals surface area contributed by atoms with Gasteiger partial charge in [0, 0.05) is 4.90 Å². The van der Waals surface area contributed by atoms with Crippen LogP contribution in [-0.4, -0.2) is 19.3 Å². The third-order valence-corrected chi connectivity index (χ3v) is 2.67. The standard InChI is InChI=1S/C10H13NO2S.ClH/c1-13-10(12)9(11)7-3-5-8(14-2)6-4-7;/h3-6,9H,11H2,1-2H3;1H/t9-;/m1./s1. The molecule has 2 N–H and O–H groups in total. The molecule has 1 atom stereocenters. The van der Waals surface area contributed by atoms with E-state index in [1.807, 2.05) is 30.5 Å². The third-order valence-electron chi connectivity index (χ3n) is 1.93. The quantitative estimate of drug-likeness (QED) is 0.656. The van der Waals surface area contributed by atoms with E-state index in [-0.39, 0.29) is 12.4 Å². The Morgan fingerprint density at radius 1 is 1.40 bits per heavy atom. The fourth-order valence-corrected chi connectivity index (χ4v) is 1.48. The molecule has 1 rings (SSSR count). The molecular weight excluding hydrogens is 234 g/mol. The van der Waals surface area contributed by atoms with Gasteiger partial charge in [0.25, 0.3) is 0 Å². The van der Waals surface area contributed by atoms with E-state index in [2.05, 4.69) is 4.74 Å². The van der Waals surface area contributed by atoms with Crippen molar-refractivity contribution >= 4 is 30.1 Å². The smallest absolute Gasteiger partial charge is 0.327 e. The number of esters is 1. The maximum Gasteiger partial charge on any atom is 0.327 e. The van der Waals surface area contributed by atoms with Crippen molar-refractivity contribution in [1.82, 2.24) is 0 Å². The van der Waals surface area contributed by atoms with Crippen LogP contribution in [0.2, 0.25) is 0 Å². The van der Waals surface area contributed by atoms with E-state index >= 15 is 0 Å². The Labute approximate surface area is 99.8 Å². The number of thioether (sulfide) groups is 1. The molecule has 0 saturated carbocycles. The zero-order valence-corrected chi connectivity index (χ0v) is 10.2. The molecular formula is C10H14ClNO2S.